The first-order valence-corrected chi connectivity index (χ1v) is 12.7. The number of nitrogens with zero attached hydrogens (tertiary/aromatic N) is 1. The second-order valence-corrected chi connectivity index (χ2v) is 9.73. The number of rotatable bonds is 10. The normalized spacial score (nSPS) is 10.9. The second-order valence-electron chi connectivity index (χ2n) is 7.90. The van der Waals surface area contributed by atoms with E-state index < -0.39 is 22.5 Å². The molecule has 0 radical (unpaired) electrons. The van der Waals surface area contributed by atoms with E-state index in [1.54, 1.807) is 67.6 Å². The summed E-state index contributed by atoms with van der Waals surface area (Å²) in [5.41, 5.74) is 1.91. The predicted molar refractivity (Wildman–Crippen MR) is 139 cm³/mol. The van der Waals surface area contributed by atoms with Crippen molar-refractivity contribution in [3.63, 3.8) is 0 Å². The molecule has 0 bridgehead atoms. The Morgan fingerprint density at radius 2 is 1.61 bits per heavy atom. The average Bonchev–Trinajstić information content (AvgIpc) is 2.83. The average molecular weight is 512 g/mol. The van der Waals surface area contributed by atoms with E-state index >= 15 is 0 Å². The lowest BCUT2D eigenvalue weighted by atomic mass is 10.2. The Kier molecular flexibility index (Phi) is 8.55. The van der Waals surface area contributed by atoms with Crippen LogP contribution in [0.25, 0.3) is 0 Å². The zero-order valence-corrected chi connectivity index (χ0v) is 21.4. The van der Waals surface area contributed by atoms with Gasteiger partial charge in [-0.05, 0) is 74.0 Å². The summed E-state index contributed by atoms with van der Waals surface area (Å²) >= 11 is 0. The summed E-state index contributed by atoms with van der Waals surface area (Å²) < 4.78 is 39.4. The van der Waals surface area contributed by atoms with E-state index in [1.165, 1.54) is 20.1 Å². The molecule has 3 aromatic rings. The van der Waals surface area contributed by atoms with Gasteiger partial charge in [0.05, 0.1) is 19.4 Å². The quantitative estimate of drug-likeness (QED) is 0.422. The number of hydrogen-bond acceptors (Lipinski definition) is 6. The molecule has 10 heteroatoms. The Morgan fingerprint density at radius 3 is 2.22 bits per heavy atom. The lowest BCUT2D eigenvalue weighted by Gasteiger charge is -2.25. The van der Waals surface area contributed by atoms with Gasteiger partial charge in [0.15, 0.2) is 0 Å². The Morgan fingerprint density at radius 1 is 0.944 bits per heavy atom. The van der Waals surface area contributed by atoms with Gasteiger partial charge >= 0.3 is 0 Å². The van der Waals surface area contributed by atoms with Gasteiger partial charge in [0.2, 0.25) is 11.8 Å². The molecule has 36 heavy (non-hydrogen) atoms. The first-order chi connectivity index (χ1) is 17.1. The standard InChI is InChI=1S/C26H29N3O6S/c1-5-35-23-12-10-22(11-13-23)29(36(32,33)25-15-18(2)9-14-24(25)34-4)17-26(31)28-21-8-6-7-20(16-21)27-19(3)30/h6-16H,5,17H2,1-4H3,(H,27,30)(H,28,31). The molecule has 2 amide bonds. The van der Waals surface area contributed by atoms with E-state index in [2.05, 4.69) is 10.6 Å². The van der Waals surface area contributed by atoms with E-state index in [9.17, 15) is 18.0 Å². The molecule has 0 aromatic heterocycles. The third-order valence-electron chi connectivity index (χ3n) is 5.08. The minimum atomic E-state index is -4.21. The van der Waals surface area contributed by atoms with Gasteiger partial charge in [0.25, 0.3) is 10.0 Å². The number of carbonyl (C=O) groups is 2. The molecule has 190 valence electrons. The molecule has 3 rings (SSSR count). The molecule has 0 aliphatic rings. The fourth-order valence-electron chi connectivity index (χ4n) is 3.50. The van der Waals surface area contributed by atoms with E-state index in [0.29, 0.717) is 23.7 Å². The van der Waals surface area contributed by atoms with Gasteiger partial charge in [0, 0.05) is 18.3 Å². The smallest absolute Gasteiger partial charge is 0.268 e. The van der Waals surface area contributed by atoms with Crippen LogP contribution in [-0.4, -0.2) is 40.5 Å². The van der Waals surface area contributed by atoms with Crippen molar-refractivity contribution < 1.29 is 27.5 Å². The molecule has 0 atom stereocenters. The number of amides is 2. The minimum Gasteiger partial charge on any atom is -0.495 e. The van der Waals surface area contributed by atoms with Crippen LogP contribution in [0.3, 0.4) is 0 Å². The van der Waals surface area contributed by atoms with Gasteiger partial charge in [-0.25, -0.2) is 8.42 Å². The molecule has 2 N–H and O–H groups in total. The van der Waals surface area contributed by atoms with Gasteiger partial charge < -0.3 is 20.1 Å². The van der Waals surface area contributed by atoms with Crippen molar-refractivity contribution >= 4 is 38.9 Å². The predicted octanol–water partition coefficient (Wildman–Crippen LogP) is 4.19. The third-order valence-corrected chi connectivity index (χ3v) is 6.87. The maximum Gasteiger partial charge on any atom is 0.268 e. The number of benzene rings is 3. The van der Waals surface area contributed by atoms with Crippen molar-refractivity contribution in [3.05, 3.63) is 72.3 Å². The summed E-state index contributed by atoms with van der Waals surface area (Å²) in [6.45, 7) is 4.96. The number of anilines is 3. The van der Waals surface area contributed by atoms with Crippen molar-refractivity contribution in [1.82, 2.24) is 0 Å². The first kappa shape index (κ1) is 26.6. The zero-order valence-electron chi connectivity index (χ0n) is 20.6. The molecule has 0 spiro atoms. The maximum atomic E-state index is 13.8. The van der Waals surface area contributed by atoms with Crippen LogP contribution >= 0.6 is 0 Å². The van der Waals surface area contributed by atoms with Gasteiger partial charge in [-0.15, -0.1) is 0 Å². The summed E-state index contributed by atoms with van der Waals surface area (Å²) in [5, 5.41) is 5.34. The monoisotopic (exact) mass is 511 g/mol. The van der Waals surface area contributed by atoms with Crippen LogP contribution in [0.4, 0.5) is 17.1 Å². The SMILES string of the molecule is CCOc1ccc(N(CC(=O)Nc2cccc(NC(C)=O)c2)S(=O)(=O)c2cc(C)ccc2OC)cc1. The number of nitrogens with one attached hydrogen (secondary N) is 2. The number of methoxy groups -OCH3 is 1. The van der Waals surface area contributed by atoms with E-state index in [4.69, 9.17) is 9.47 Å². The summed E-state index contributed by atoms with van der Waals surface area (Å²) in [6, 6.07) is 17.8. The minimum absolute atomic E-state index is 0.0562. The molecule has 0 fully saturated rings. The highest BCUT2D eigenvalue weighted by Gasteiger charge is 2.30. The number of carbonyl (C=O) groups excluding carboxylic acids is 2. The van der Waals surface area contributed by atoms with Crippen LogP contribution in [0.1, 0.15) is 19.4 Å². The van der Waals surface area contributed by atoms with Crippen LogP contribution < -0.4 is 24.4 Å². The van der Waals surface area contributed by atoms with Crippen LogP contribution in [0, 0.1) is 6.92 Å². The molecule has 0 saturated heterocycles. The highest BCUT2D eigenvalue weighted by Crippen LogP contribution is 2.31. The zero-order chi connectivity index (χ0) is 26.3. The van der Waals surface area contributed by atoms with Crippen molar-refractivity contribution in [2.45, 2.75) is 25.7 Å². The van der Waals surface area contributed by atoms with E-state index in [1.807, 2.05) is 6.92 Å². The Hall–Kier alpha value is -4.05. The molecule has 0 unspecified atom stereocenters. The van der Waals surface area contributed by atoms with Crippen LogP contribution in [0.15, 0.2) is 71.6 Å². The van der Waals surface area contributed by atoms with Crippen molar-refractivity contribution in [2.24, 2.45) is 0 Å². The molecule has 3 aromatic carbocycles. The third kappa shape index (κ3) is 6.54. The number of aryl methyl sites for hydroxylation is 1. The van der Waals surface area contributed by atoms with Gasteiger partial charge in [-0.2, -0.15) is 0 Å². The lowest BCUT2D eigenvalue weighted by molar-refractivity contribution is -0.115. The Bertz CT molecular complexity index is 1340. The largest absolute Gasteiger partial charge is 0.495 e. The Labute approximate surface area is 211 Å². The maximum absolute atomic E-state index is 13.8. The highest BCUT2D eigenvalue weighted by atomic mass is 32.2. The van der Waals surface area contributed by atoms with Crippen LogP contribution in [0.5, 0.6) is 11.5 Å². The van der Waals surface area contributed by atoms with Gasteiger partial charge in [-0.1, -0.05) is 12.1 Å². The van der Waals surface area contributed by atoms with Crippen molar-refractivity contribution in [3.8, 4) is 11.5 Å². The van der Waals surface area contributed by atoms with E-state index in [-0.39, 0.29) is 22.2 Å². The summed E-state index contributed by atoms with van der Waals surface area (Å²) in [4.78, 5) is 24.3. The number of hydrogen-bond donors (Lipinski definition) is 2. The van der Waals surface area contributed by atoms with Crippen LogP contribution in [-0.2, 0) is 19.6 Å². The molecule has 0 saturated carbocycles. The Balaban J connectivity index is 1.97. The fraction of sp³-hybridized carbons (Fsp3) is 0.231. The first-order valence-electron chi connectivity index (χ1n) is 11.2. The van der Waals surface area contributed by atoms with Crippen molar-refractivity contribution in [2.75, 3.05) is 35.2 Å². The van der Waals surface area contributed by atoms with Gasteiger partial charge in [-0.3, -0.25) is 13.9 Å². The second kappa shape index (κ2) is 11.6. The van der Waals surface area contributed by atoms with Gasteiger partial charge in [0.1, 0.15) is 22.9 Å². The molecule has 0 aliphatic heterocycles. The number of ether oxygens (including phenoxy) is 2. The van der Waals surface area contributed by atoms with Crippen molar-refractivity contribution in [1.29, 1.82) is 0 Å². The fourth-order valence-corrected chi connectivity index (χ4v) is 5.17. The molecular formula is C26H29N3O6S. The topological polar surface area (TPSA) is 114 Å². The molecule has 0 heterocycles. The highest BCUT2D eigenvalue weighted by molar-refractivity contribution is 7.93. The molecule has 0 aliphatic carbocycles. The summed E-state index contributed by atoms with van der Waals surface area (Å²) in [7, 11) is -2.82. The molecule has 9 nitrogen and oxygen atoms in total. The lowest BCUT2D eigenvalue weighted by Crippen LogP contribution is -2.38. The number of sulfonamides is 1. The van der Waals surface area contributed by atoms with Crippen LogP contribution in [0.2, 0.25) is 0 Å². The molecular weight excluding hydrogens is 482 g/mol. The summed E-state index contributed by atoms with van der Waals surface area (Å²) in [6.07, 6.45) is 0. The summed E-state index contributed by atoms with van der Waals surface area (Å²) in [5.74, 6) is -0.0803. The van der Waals surface area contributed by atoms with E-state index in [0.717, 1.165) is 9.87 Å².